The molecule has 0 saturated heterocycles. The van der Waals surface area contributed by atoms with Gasteiger partial charge in [0.2, 0.25) is 0 Å². The molecule has 0 aliphatic rings. The summed E-state index contributed by atoms with van der Waals surface area (Å²) in [5.41, 5.74) is 8.41. The van der Waals surface area contributed by atoms with Gasteiger partial charge >= 0.3 is 0 Å². The van der Waals surface area contributed by atoms with Crippen LogP contribution < -0.4 is 10.6 Å². The largest absolute Gasteiger partial charge is 0.506 e. The topological polar surface area (TPSA) is 69.7 Å². The smallest absolute Gasteiger partial charge is 0.139 e. The summed E-state index contributed by atoms with van der Waals surface area (Å²) in [6, 6.07) is 21.2. The standard InChI is InChI=1S/C18H16N2O2/c19-13-7-1-2-8-14(13)20(15-9-3-5-11-17(15)21)16-10-4-6-12-18(16)22/h1-12,21-22H,19H2. The highest BCUT2D eigenvalue weighted by Gasteiger charge is 2.19. The van der Waals surface area contributed by atoms with Gasteiger partial charge in [-0.05, 0) is 36.4 Å². The Kier molecular flexibility index (Phi) is 3.58. The molecule has 0 radical (unpaired) electrons. The molecular formula is C18H16N2O2. The van der Waals surface area contributed by atoms with E-state index in [0.29, 0.717) is 22.7 Å². The molecule has 0 bridgehead atoms. The fourth-order valence-electron chi connectivity index (χ4n) is 2.39. The first-order chi connectivity index (χ1) is 10.7. The average Bonchev–Trinajstić information content (AvgIpc) is 2.53. The number of nitrogens with zero attached hydrogens (tertiary/aromatic N) is 1. The van der Waals surface area contributed by atoms with Crippen molar-refractivity contribution in [3.63, 3.8) is 0 Å². The number of para-hydroxylation sites is 6. The summed E-state index contributed by atoms with van der Waals surface area (Å²) < 4.78 is 0. The molecule has 0 saturated carbocycles. The van der Waals surface area contributed by atoms with E-state index in [9.17, 15) is 10.2 Å². The zero-order valence-electron chi connectivity index (χ0n) is 11.8. The molecule has 3 rings (SSSR count). The lowest BCUT2D eigenvalue weighted by molar-refractivity contribution is 0.472. The van der Waals surface area contributed by atoms with E-state index in [0.717, 1.165) is 0 Å². The van der Waals surface area contributed by atoms with Crippen molar-refractivity contribution in [2.24, 2.45) is 0 Å². The summed E-state index contributed by atoms with van der Waals surface area (Å²) in [4.78, 5) is 1.74. The molecule has 0 aromatic heterocycles. The maximum atomic E-state index is 10.2. The van der Waals surface area contributed by atoms with E-state index in [2.05, 4.69) is 0 Å². The lowest BCUT2D eigenvalue weighted by atomic mass is 10.1. The third kappa shape index (κ3) is 2.42. The van der Waals surface area contributed by atoms with Gasteiger partial charge in [-0.2, -0.15) is 0 Å². The molecule has 4 N–H and O–H groups in total. The Morgan fingerprint density at radius 3 is 1.45 bits per heavy atom. The van der Waals surface area contributed by atoms with Gasteiger partial charge < -0.3 is 20.8 Å². The van der Waals surface area contributed by atoms with Gasteiger partial charge in [-0.3, -0.25) is 0 Å². The number of phenols is 2. The second-order valence-electron chi connectivity index (χ2n) is 4.87. The normalized spacial score (nSPS) is 10.4. The van der Waals surface area contributed by atoms with E-state index in [1.54, 1.807) is 47.4 Å². The van der Waals surface area contributed by atoms with Crippen LogP contribution in [-0.2, 0) is 0 Å². The Labute approximate surface area is 128 Å². The summed E-state index contributed by atoms with van der Waals surface area (Å²) in [6.45, 7) is 0. The van der Waals surface area contributed by atoms with Gasteiger partial charge in [-0.15, -0.1) is 0 Å². The van der Waals surface area contributed by atoms with Crippen LogP contribution in [0.15, 0.2) is 72.8 Å². The number of anilines is 4. The summed E-state index contributed by atoms with van der Waals surface area (Å²) in [6.07, 6.45) is 0. The van der Waals surface area contributed by atoms with Gasteiger partial charge in [0.25, 0.3) is 0 Å². The fraction of sp³-hybridized carbons (Fsp3) is 0. The maximum Gasteiger partial charge on any atom is 0.139 e. The fourth-order valence-corrected chi connectivity index (χ4v) is 2.39. The third-order valence-electron chi connectivity index (χ3n) is 3.42. The van der Waals surface area contributed by atoms with E-state index < -0.39 is 0 Å². The van der Waals surface area contributed by atoms with Crippen molar-refractivity contribution >= 4 is 22.7 Å². The molecule has 110 valence electrons. The quantitative estimate of drug-likeness (QED) is 0.634. The van der Waals surface area contributed by atoms with Crippen LogP contribution in [0.1, 0.15) is 0 Å². The predicted octanol–water partition coefficient (Wildman–Crippen LogP) is 4.15. The van der Waals surface area contributed by atoms with Gasteiger partial charge in [0.05, 0.1) is 22.7 Å². The Morgan fingerprint density at radius 2 is 1.00 bits per heavy atom. The minimum Gasteiger partial charge on any atom is -0.506 e. The molecular weight excluding hydrogens is 276 g/mol. The van der Waals surface area contributed by atoms with Crippen LogP contribution in [0.5, 0.6) is 11.5 Å². The van der Waals surface area contributed by atoms with Crippen LogP contribution in [0.2, 0.25) is 0 Å². The SMILES string of the molecule is Nc1ccccc1N(c1ccccc1O)c1ccccc1O. The number of benzene rings is 3. The molecule has 22 heavy (non-hydrogen) atoms. The molecule has 0 aliphatic heterocycles. The van der Waals surface area contributed by atoms with Crippen molar-refractivity contribution in [1.82, 2.24) is 0 Å². The van der Waals surface area contributed by atoms with Crippen molar-refractivity contribution in [2.75, 3.05) is 10.6 Å². The predicted molar refractivity (Wildman–Crippen MR) is 88.9 cm³/mol. The van der Waals surface area contributed by atoms with Crippen LogP contribution in [0.3, 0.4) is 0 Å². The van der Waals surface area contributed by atoms with Gasteiger partial charge in [0, 0.05) is 0 Å². The molecule has 4 nitrogen and oxygen atoms in total. The van der Waals surface area contributed by atoms with Crippen molar-refractivity contribution < 1.29 is 10.2 Å². The van der Waals surface area contributed by atoms with Crippen molar-refractivity contribution in [1.29, 1.82) is 0 Å². The Balaban J connectivity index is 2.27. The van der Waals surface area contributed by atoms with Gasteiger partial charge in [-0.25, -0.2) is 0 Å². The maximum absolute atomic E-state index is 10.2. The summed E-state index contributed by atoms with van der Waals surface area (Å²) >= 11 is 0. The first kappa shape index (κ1) is 13.8. The highest BCUT2D eigenvalue weighted by Crippen LogP contribution is 2.44. The van der Waals surface area contributed by atoms with E-state index in [1.807, 2.05) is 30.3 Å². The molecule has 0 atom stereocenters. The Hall–Kier alpha value is -3.14. The van der Waals surface area contributed by atoms with Crippen LogP contribution in [0.4, 0.5) is 22.7 Å². The van der Waals surface area contributed by atoms with Crippen LogP contribution in [-0.4, -0.2) is 10.2 Å². The zero-order chi connectivity index (χ0) is 15.5. The Morgan fingerprint density at radius 1 is 0.591 bits per heavy atom. The van der Waals surface area contributed by atoms with E-state index >= 15 is 0 Å². The highest BCUT2D eigenvalue weighted by atomic mass is 16.3. The van der Waals surface area contributed by atoms with Crippen molar-refractivity contribution in [3.05, 3.63) is 72.8 Å². The first-order valence-corrected chi connectivity index (χ1v) is 6.89. The molecule has 0 heterocycles. The summed E-state index contributed by atoms with van der Waals surface area (Å²) in [5.74, 6) is 0.211. The van der Waals surface area contributed by atoms with Crippen LogP contribution >= 0.6 is 0 Å². The van der Waals surface area contributed by atoms with Crippen LogP contribution in [0, 0.1) is 0 Å². The second-order valence-corrected chi connectivity index (χ2v) is 4.87. The second kappa shape index (κ2) is 5.69. The highest BCUT2D eigenvalue weighted by molar-refractivity contribution is 5.87. The van der Waals surface area contributed by atoms with Crippen molar-refractivity contribution in [3.8, 4) is 11.5 Å². The molecule has 0 unspecified atom stereocenters. The van der Waals surface area contributed by atoms with Crippen LogP contribution in [0.25, 0.3) is 0 Å². The summed E-state index contributed by atoms with van der Waals surface area (Å²) in [7, 11) is 0. The number of hydrogen-bond donors (Lipinski definition) is 3. The molecule has 3 aromatic rings. The zero-order valence-corrected chi connectivity index (χ0v) is 11.8. The van der Waals surface area contributed by atoms with Crippen molar-refractivity contribution in [2.45, 2.75) is 0 Å². The molecule has 3 aromatic carbocycles. The van der Waals surface area contributed by atoms with Gasteiger partial charge in [-0.1, -0.05) is 36.4 Å². The monoisotopic (exact) mass is 292 g/mol. The first-order valence-electron chi connectivity index (χ1n) is 6.89. The molecule has 0 amide bonds. The molecule has 0 fully saturated rings. The molecule has 0 aliphatic carbocycles. The number of phenolic OH excluding ortho intramolecular Hbond substituents is 2. The minimum absolute atomic E-state index is 0.106. The molecule has 4 heteroatoms. The molecule has 0 spiro atoms. The minimum atomic E-state index is 0.106. The number of nitrogens with two attached hydrogens (primary N) is 1. The van der Waals surface area contributed by atoms with E-state index in [-0.39, 0.29) is 11.5 Å². The van der Waals surface area contributed by atoms with Gasteiger partial charge in [0.15, 0.2) is 0 Å². The Bertz CT molecular complexity index is 694. The average molecular weight is 292 g/mol. The third-order valence-corrected chi connectivity index (χ3v) is 3.42. The number of rotatable bonds is 3. The lowest BCUT2D eigenvalue weighted by Crippen LogP contribution is -2.12. The van der Waals surface area contributed by atoms with Gasteiger partial charge in [0.1, 0.15) is 11.5 Å². The van der Waals surface area contributed by atoms with E-state index in [1.165, 1.54) is 0 Å². The number of nitrogen functional groups attached to an aromatic ring is 1. The summed E-state index contributed by atoms with van der Waals surface area (Å²) in [5, 5.41) is 20.4. The lowest BCUT2D eigenvalue weighted by Gasteiger charge is -2.27. The number of aromatic hydroxyl groups is 2. The van der Waals surface area contributed by atoms with E-state index in [4.69, 9.17) is 5.73 Å². The number of hydrogen-bond acceptors (Lipinski definition) is 4.